The van der Waals surface area contributed by atoms with Crippen molar-refractivity contribution < 1.29 is 4.79 Å². The molecule has 3 heteroatoms. The Hall–Kier alpha value is -2.21. The van der Waals surface area contributed by atoms with Crippen LogP contribution in [0.15, 0.2) is 30.8 Å². The van der Waals surface area contributed by atoms with Gasteiger partial charge in [-0.05, 0) is 37.0 Å². The van der Waals surface area contributed by atoms with E-state index in [1.165, 1.54) is 0 Å². The molecule has 0 saturated carbocycles. The summed E-state index contributed by atoms with van der Waals surface area (Å²) in [4.78, 5) is 13.9. The van der Waals surface area contributed by atoms with E-state index in [9.17, 15) is 4.79 Å². The molecule has 0 unspecified atom stereocenters. The second kappa shape index (κ2) is 8.29. The van der Waals surface area contributed by atoms with Crippen molar-refractivity contribution in [3.63, 3.8) is 0 Å². The normalized spacial score (nSPS) is 13.4. The van der Waals surface area contributed by atoms with Crippen molar-refractivity contribution in [1.82, 2.24) is 10.2 Å². The minimum atomic E-state index is 0.284. The molecule has 1 aromatic carbocycles. The quantitative estimate of drug-likeness (QED) is 0.669. The van der Waals surface area contributed by atoms with Crippen LogP contribution in [0.4, 0.5) is 0 Å². The standard InChI is InChI=1S/C19H24N2O/c1-16(20-2)18-11-8-10-17(15-18)9-4-3-5-12-19(22)21-13-6-7-14-21/h8,10-11,15,20H,1,3,5-7,12-14H2,2H3. The van der Waals surface area contributed by atoms with Gasteiger partial charge in [-0.25, -0.2) is 0 Å². The fourth-order valence-electron chi connectivity index (χ4n) is 2.55. The molecule has 1 fully saturated rings. The average Bonchev–Trinajstić information content (AvgIpc) is 3.08. The highest BCUT2D eigenvalue weighted by molar-refractivity contribution is 5.76. The molecule has 1 heterocycles. The molecule has 0 aromatic heterocycles. The van der Waals surface area contributed by atoms with Gasteiger partial charge in [-0.1, -0.05) is 30.6 Å². The van der Waals surface area contributed by atoms with Crippen molar-refractivity contribution in [2.75, 3.05) is 20.1 Å². The summed E-state index contributed by atoms with van der Waals surface area (Å²) in [5.74, 6) is 6.61. The lowest BCUT2D eigenvalue weighted by atomic mass is 10.1. The summed E-state index contributed by atoms with van der Waals surface area (Å²) in [5.41, 5.74) is 2.93. The number of carbonyl (C=O) groups excluding carboxylic acids is 1. The minimum absolute atomic E-state index is 0.284. The summed E-state index contributed by atoms with van der Waals surface area (Å²) >= 11 is 0. The molecule has 0 radical (unpaired) electrons. The summed E-state index contributed by atoms with van der Waals surface area (Å²) in [6.45, 7) is 5.82. The molecule has 22 heavy (non-hydrogen) atoms. The fourth-order valence-corrected chi connectivity index (χ4v) is 2.55. The van der Waals surface area contributed by atoms with Gasteiger partial charge in [0.15, 0.2) is 0 Å². The predicted octanol–water partition coefficient (Wildman–Crippen LogP) is 3.02. The predicted molar refractivity (Wildman–Crippen MR) is 91.1 cm³/mol. The number of unbranched alkanes of at least 4 members (excludes halogenated alkanes) is 1. The smallest absolute Gasteiger partial charge is 0.222 e. The highest BCUT2D eigenvalue weighted by Gasteiger charge is 2.16. The van der Waals surface area contributed by atoms with Crippen LogP contribution in [-0.4, -0.2) is 30.9 Å². The van der Waals surface area contributed by atoms with Crippen LogP contribution >= 0.6 is 0 Å². The van der Waals surface area contributed by atoms with Crippen molar-refractivity contribution in [1.29, 1.82) is 0 Å². The summed E-state index contributed by atoms with van der Waals surface area (Å²) in [7, 11) is 1.86. The second-order valence-corrected chi connectivity index (χ2v) is 5.55. The van der Waals surface area contributed by atoms with Crippen LogP contribution in [-0.2, 0) is 4.79 Å². The minimum Gasteiger partial charge on any atom is -0.388 e. The summed E-state index contributed by atoms with van der Waals surface area (Å²) in [5, 5.41) is 3.04. The zero-order valence-electron chi connectivity index (χ0n) is 13.3. The number of likely N-dealkylation sites (tertiary alicyclic amines) is 1. The summed E-state index contributed by atoms with van der Waals surface area (Å²) in [6, 6.07) is 8.02. The SMILES string of the molecule is C=C(NC)c1cccc(C#CCCCC(=O)N2CCCC2)c1. The zero-order valence-corrected chi connectivity index (χ0v) is 13.3. The lowest BCUT2D eigenvalue weighted by Gasteiger charge is -2.14. The number of hydrogen-bond acceptors (Lipinski definition) is 2. The lowest BCUT2D eigenvalue weighted by Crippen LogP contribution is -2.27. The molecule has 1 amide bonds. The highest BCUT2D eigenvalue weighted by atomic mass is 16.2. The number of benzene rings is 1. The van der Waals surface area contributed by atoms with E-state index in [1.54, 1.807) is 0 Å². The fraction of sp³-hybridized carbons (Fsp3) is 0.421. The van der Waals surface area contributed by atoms with Gasteiger partial charge < -0.3 is 10.2 Å². The Morgan fingerprint density at radius 3 is 2.86 bits per heavy atom. The van der Waals surface area contributed by atoms with Gasteiger partial charge in [-0.2, -0.15) is 0 Å². The molecule has 1 aliphatic rings. The van der Waals surface area contributed by atoms with E-state index < -0.39 is 0 Å². The first kappa shape index (κ1) is 16.2. The number of nitrogens with one attached hydrogen (secondary N) is 1. The van der Waals surface area contributed by atoms with E-state index in [4.69, 9.17) is 0 Å². The van der Waals surface area contributed by atoms with Gasteiger partial charge in [-0.3, -0.25) is 4.79 Å². The Kier molecular flexibility index (Phi) is 6.09. The Morgan fingerprint density at radius 2 is 2.14 bits per heavy atom. The Morgan fingerprint density at radius 1 is 1.36 bits per heavy atom. The maximum absolute atomic E-state index is 11.9. The number of hydrogen-bond donors (Lipinski definition) is 1. The van der Waals surface area contributed by atoms with Gasteiger partial charge in [0, 0.05) is 44.2 Å². The van der Waals surface area contributed by atoms with Gasteiger partial charge in [-0.15, -0.1) is 0 Å². The van der Waals surface area contributed by atoms with E-state index in [0.717, 1.165) is 55.6 Å². The summed E-state index contributed by atoms with van der Waals surface area (Å²) in [6.07, 6.45) is 4.52. The topological polar surface area (TPSA) is 32.3 Å². The second-order valence-electron chi connectivity index (χ2n) is 5.55. The third-order valence-electron chi connectivity index (χ3n) is 3.90. The number of rotatable bonds is 5. The molecular weight excluding hydrogens is 272 g/mol. The van der Waals surface area contributed by atoms with Crippen LogP contribution in [0.3, 0.4) is 0 Å². The first-order valence-corrected chi connectivity index (χ1v) is 7.94. The summed E-state index contributed by atoms with van der Waals surface area (Å²) < 4.78 is 0. The largest absolute Gasteiger partial charge is 0.388 e. The van der Waals surface area contributed by atoms with Gasteiger partial charge in [0.2, 0.25) is 5.91 Å². The number of carbonyl (C=O) groups is 1. The van der Waals surface area contributed by atoms with Crippen LogP contribution in [0.1, 0.15) is 43.2 Å². The van der Waals surface area contributed by atoms with Crippen LogP contribution in [0.5, 0.6) is 0 Å². The van der Waals surface area contributed by atoms with E-state index >= 15 is 0 Å². The van der Waals surface area contributed by atoms with E-state index in [2.05, 4.69) is 23.7 Å². The molecular formula is C19H24N2O. The van der Waals surface area contributed by atoms with E-state index in [1.807, 2.05) is 36.2 Å². The Balaban J connectivity index is 1.78. The first-order valence-electron chi connectivity index (χ1n) is 7.94. The maximum atomic E-state index is 11.9. The zero-order chi connectivity index (χ0) is 15.8. The van der Waals surface area contributed by atoms with Crippen LogP contribution in [0, 0.1) is 11.8 Å². The molecule has 0 atom stereocenters. The number of amides is 1. The van der Waals surface area contributed by atoms with Crippen molar-refractivity contribution in [2.45, 2.75) is 32.1 Å². The Bertz CT molecular complexity index is 589. The van der Waals surface area contributed by atoms with Crippen LogP contribution in [0.25, 0.3) is 5.70 Å². The van der Waals surface area contributed by atoms with Gasteiger partial charge in [0.1, 0.15) is 0 Å². The third kappa shape index (κ3) is 4.66. The average molecular weight is 296 g/mol. The Labute approximate surface area is 133 Å². The molecule has 1 saturated heterocycles. The molecule has 0 aliphatic carbocycles. The van der Waals surface area contributed by atoms with Crippen molar-refractivity contribution >= 4 is 11.6 Å². The van der Waals surface area contributed by atoms with Gasteiger partial charge in [0.25, 0.3) is 0 Å². The lowest BCUT2D eigenvalue weighted by molar-refractivity contribution is -0.130. The molecule has 0 bridgehead atoms. The molecule has 2 rings (SSSR count). The molecule has 1 aromatic rings. The van der Waals surface area contributed by atoms with Gasteiger partial charge in [0.05, 0.1) is 0 Å². The van der Waals surface area contributed by atoms with Crippen molar-refractivity contribution in [2.24, 2.45) is 0 Å². The molecule has 1 N–H and O–H groups in total. The molecule has 3 nitrogen and oxygen atoms in total. The van der Waals surface area contributed by atoms with Crippen molar-refractivity contribution in [3.05, 3.63) is 42.0 Å². The third-order valence-corrected chi connectivity index (χ3v) is 3.90. The first-order chi connectivity index (χ1) is 10.7. The van der Waals surface area contributed by atoms with Crippen LogP contribution in [0.2, 0.25) is 0 Å². The molecule has 0 spiro atoms. The number of nitrogens with zero attached hydrogens (tertiary/aromatic N) is 1. The van der Waals surface area contributed by atoms with Crippen LogP contribution < -0.4 is 5.32 Å². The van der Waals surface area contributed by atoms with Crippen molar-refractivity contribution in [3.8, 4) is 11.8 Å². The van der Waals surface area contributed by atoms with E-state index in [0.29, 0.717) is 6.42 Å². The van der Waals surface area contributed by atoms with Gasteiger partial charge >= 0.3 is 0 Å². The monoisotopic (exact) mass is 296 g/mol. The molecule has 1 aliphatic heterocycles. The molecule has 116 valence electrons. The highest BCUT2D eigenvalue weighted by Crippen LogP contribution is 2.12. The maximum Gasteiger partial charge on any atom is 0.222 e. The van der Waals surface area contributed by atoms with E-state index in [-0.39, 0.29) is 5.91 Å².